The Kier molecular flexibility index (Phi) is 3.69. The van der Waals surface area contributed by atoms with Gasteiger partial charge in [0, 0.05) is 24.7 Å². The average molecular weight is 260 g/mol. The summed E-state index contributed by atoms with van der Waals surface area (Å²) in [5.74, 6) is 0.829. The smallest absolute Gasteiger partial charge is 0.246 e. The highest BCUT2D eigenvalue weighted by Gasteiger charge is 2.34. The van der Waals surface area contributed by atoms with Crippen molar-refractivity contribution in [2.24, 2.45) is 0 Å². The van der Waals surface area contributed by atoms with E-state index in [0.717, 1.165) is 31.7 Å². The van der Waals surface area contributed by atoms with E-state index in [1.165, 1.54) is 12.8 Å². The maximum Gasteiger partial charge on any atom is 0.246 e. The minimum Gasteiger partial charge on any atom is -0.465 e. The Morgan fingerprint density at radius 2 is 2.37 bits per heavy atom. The number of rotatable bonds is 3. The summed E-state index contributed by atoms with van der Waals surface area (Å²) in [7, 11) is 0. The normalized spacial score (nSPS) is 27.5. The third kappa shape index (κ3) is 2.73. The number of carbonyl (C=O) groups is 1. The third-order valence-electron chi connectivity index (χ3n) is 4.08. The molecule has 1 N–H and O–H groups in total. The topological polar surface area (TPSA) is 45.5 Å². The first-order valence-corrected chi connectivity index (χ1v) is 7.10. The van der Waals surface area contributed by atoms with Gasteiger partial charge in [0.05, 0.1) is 6.26 Å². The molecule has 2 saturated heterocycles. The number of likely N-dealkylation sites (tertiary alicyclic amines) is 1. The molecule has 4 heteroatoms. The Balaban J connectivity index is 1.65. The van der Waals surface area contributed by atoms with Crippen molar-refractivity contribution < 1.29 is 9.21 Å². The van der Waals surface area contributed by atoms with Crippen LogP contribution in [-0.2, 0) is 4.79 Å². The number of carbonyl (C=O) groups excluding carboxylic acids is 1. The van der Waals surface area contributed by atoms with Crippen molar-refractivity contribution >= 4 is 12.0 Å². The van der Waals surface area contributed by atoms with Gasteiger partial charge in [-0.2, -0.15) is 0 Å². The molecule has 2 unspecified atom stereocenters. The number of amides is 1. The largest absolute Gasteiger partial charge is 0.465 e. The fraction of sp³-hybridized carbons (Fsp3) is 0.533. The highest BCUT2D eigenvalue weighted by atomic mass is 16.3. The van der Waals surface area contributed by atoms with Crippen LogP contribution in [0.3, 0.4) is 0 Å². The monoisotopic (exact) mass is 260 g/mol. The molecule has 2 atom stereocenters. The number of nitrogens with one attached hydrogen (secondary N) is 1. The maximum atomic E-state index is 12.3. The average Bonchev–Trinajstić information content (AvgIpc) is 3.14. The standard InChI is InChI=1S/C15H20N2O2/c18-15(8-7-12-4-3-11-19-12)17-10-2-6-14(17)13-5-1-9-16-13/h3-4,7-8,11,13-14,16H,1-2,5-6,9-10H2. The summed E-state index contributed by atoms with van der Waals surface area (Å²) in [6, 6.07) is 4.54. The zero-order chi connectivity index (χ0) is 13.1. The number of nitrogens with zero attached hydrogens (tertiary/aromatic N) is 1. The summed E-state index contributed by atoms with van der Waals surface area (Å²) in [4.78, 5) is 14.3. The van der Waals surface area contributed by atoms with Crippen LogP contribution in [-0.4, -0.2) is 36.0 Å². The third-order valence-corrected chi connectivity index (χ3v) is 4.08. The van der Waals surface area contributed by atoms with Crippen molar-refractivity contribution in [3.8, 4) is 0 Å². The molecule has 3 rings (SSSR count). The molecule has 1 aromatic heterocycles. The second-order valence-electron chi connectivity index (χ2n) is 5.29. The van der Waals surface area contributed by atoms with Crippen LogP contribution in [0.2, 0.25) is 0 Å². The molecule has 1 aromatic rings. The Labute approximate surface area is 113 Å². The predicted molar refractivity (Wildman–Crippen MR) is 73.5 cm³/mol. The minimum absolute atomic E-state index is 0.104. The number of furan rings is 1. The first-order valence-electron chi connectivity index (χ1n) is 7.10. The van der Waals surface area contributed by atoms with Gasteiger partial charge in [0.25, 0.3) is 0 Å². The van der Waals surface area contributed by atoms with E-state index in [2.05, 4.69) is 5.32 Å². The van der Waals surface area contributed by atoms with Gasteiger partial charge in [0.2, 0.25) is 5.91 Å². The van der Waals surface area contributed by atoms with E-state index in [4.69, 9.17) is 4.42 Å². The summed E-state index contributed by atoms with van der Waals surface area (Å²) in [5, 5.41) is 3.52. The van der Waals surface area contributed by atoms with Crippen LogP contribution in [0.15, 0.2) is 28.9 Å². The molecule has 0 bridgehead atoms. The van der Waals surface area contributed by atoms with Gasteiger partial charge in [-0.1, -0.05) is 0 Å². The number of hydrogen-bond acceptors (Lipinski definition) is 3. The van der Waals surface area contributed by atoms with Crippen molar-refractivity contribution in [2.45, 2.75) is 37.8 Å². The summed E-state index contributed by atoms with van der Waals surface area (Å²) < 4.78 is 5.20. The first kappa shape index (κ1) is 12.5. The molecule has 2 fully saturated rings. The van der Waals surface area contributed by atoms with Crippen molar-refractivity contribution in [2.75, 3.05) is 13.1 Å². The van der Waals surface area contributed by atoms with Crippen LogP contribution in [0.5, 0.6) is 0 Å². The van der Waals surface area contributed by atoms with Gasteiger partial charge in [-0.05, 0) is 50.4 Å². The van der Waals surface area contributed by atoms with Gasteiger partial charge < -0.3 is 14.6 Å². The van der Waals surface area contributed by atoms with E-state index >= 15 is 0 Å². The first-order chi connectivity index (χ1) is 9.34. The molecule has 0 aromatic carbocycles. The molecule has 102 valence electrons. The Morgan fingerprint density at radius 3 is 3.11 bits per heavy atom. The van der Waals surface area contributed by atoms with Crippen LogP contribution in [0, 0.1) is 0 Å². The molecule has 2 aliphatic heterocycles. The number of hydrogen-bond donors (Lipinski definition) is 1. The van der Waals surface area contributed by atoms with E-state index in [0.29, 0.717) is 12.1 Å². The molecule has 3 heterocycles. The van der Waals surface area contributed by atoms with Crippen LogP contribution in [0.1, 0.15) is 31.4 Å². The SMILES string of the molecule is O=C(C=Cc1ccco1)N1CCCC1C1CCCN1. The molecule has 2 aliphatic rings. The van der Waals surface area contributed by atoms with Gasteiger partial charge in [0.15, 0.2) is 0 Å². The van der Waals surface area contributed by atoms with Gasteiger partial charge >= 0.3 is 0 Å². The van der Waals surface area contributed by atoms with E-state index in [1.807, 2.05) is 17.0 Å². The van der Waals surface area contributed by atoms with Crippen LogP contribution < -0.4 is 5.32 Å². The molecule has 1 amide bonds. The Hall–Kier alpha value is -1.55. The van der Waals surface area contributed by atoms with E-state index in [-0.39, 0.29) is 5.91 Å². The van der Waals surface area contributed by atoms with E-state index in [1.54, 1.807) is 18.4 Å². The summed E-state index contributed by atoms with van der Waals surface area (Å²) in [6.07, 6.45) is 9.65. The lowest BCUT2D eigenvalue weighted by Gasteiger charge is -2.28. The van der Waals surface area contributed by atoms with E-state index < -0.39 is 0 Å². The minimum atomic E-state index is 0.104. The van der Waals surface area contributed by atoms with Gasteiger partial charge in [0.1, 0.15) is 5.76 Å². The lowest BCUT2D eigenvalue weighted by Crippen LogP contribution is -2.46. The highest BCUT2D eigenvalue weighted by Crippen LogP contribution is 2.25. The van der Waals surface area contributed by atoms with Crippen molar-refractivity contribution in [3.05, 3.63) is 30.2 Å². The van der Waals surface area contributed by atoms with E-state index in [9.17, 15) is 4.79 Å². The van der Waals surface area contributed by atoms with Crippen molar-refractivity contribution in [1.29, 1.82) is 0 Å². The lowest BCUT2D eigenvalue weighted by molar-refractivity contribution is -0.127. The fourth-order valence-electron chi connectivity index (χ4n) is 3.16. The van der Waals surface area contributed by atoms with Gasteiger partial charge in [-0.15, -0.1) is 0 Å². The van der Waals surface area contributed by atoms with Crippen LogP contribution >= 0.6 is 0 Å². The maximum absolute atomic E-state index is 12.3. The zero-order valence-electron chi connectivity index (χ0n) is 11.0. The molecule has 19 heavy (non-hydrogen) atoms. The second-order valence-corrected chi connectivity index (χ2v) is 5.29. The molecule has 0 radical (unpaired) electrons. The Bertz CT molecular complexity index is 447. The van der Waals surface area contributed by atoms with Crippen molar-refractivity contribution in [1.82, 2.24) is 10.2 Å². The molecule has 0 aliphatic carbocycles. The quantitative estimate of drug-likeness (QED) is 0.846. The predicted octanol–water partition coefficient (Wildman–Crippen LogP) is 2.04. The van der Waals surface area contributed by atoms with Crippen LogP contribution in [0.4, 0.5) is 0 Å². The highest BCUT2D eigenvalue weighted by molar-refractivity contribution is 5.91. The molecular formula is C15H20N2O2. The zero-order valence-corrected chi connectivity index (χ0v) is 11.0. The lowest BCUT2D eigenvalue weighted by atomic mass is 10.0. The Morgan fingerprint density at radius 1 is 1.42 bits per heavy atom. The molecule has 0 saturated carbocycles. The second kappa shape index (κ2) is 5.61. The molecule has 4 nitrogen and oxygen atoms in total. The molecular weight excluding hydrogens is 240 g/mol. The molecule has 0 spiro atoms. The fourth-order valence-corrected chi connectivity index (χ4v) is 3.16. The summed E-state index contributed by atoms with van der Waals surface area (Å²) in [5.41, 5.74) is 0. The van der Waals surface area contributed by atoms with Gasteiger partial charge in [-0.3, -0.25) is 4.79 Å². The summed E-state index contributed by atoms with van der Waals surface area (Å²) >= 11 is 0. The van der Waals surface area contributed by atoms with Crippen molar-refractivity contribution in [3.63, 3.8) is 0 Å². The summed E-state index contributed by atoms with van der Waals surface area (Å²) in [6.45, 7) is 1.97. The van der Waals surface area contributed by atoms with Crippen LogP contribution in [0.25, 0.3) is 6.08 Å². The van der Waals surface area contributed by atoms with Gasteiger partial charge in [-0.25, -0.2) is 0 Å².